The molecule has 0 unspecified atom stereocenters. The first-order valence-electron chi connectivity index (χ1n) is 6.22. The quantitative estimate of drug-likeness (QED) is 0.687. The van der Waals surface area contributed by atoms with Crippen LogP contribution >= 0.6 is 0 Å². The second-order valence-electron chi connectivity index (χ2n) is 4.66. The molecule has 1 saturated heterocycles. The minimum absolute atomic E-state index is 0.205. The van der Waals surface area contributed by atoms with Crippen LogP contribution in [0, 0.1) is 0 Å². The van der Waals surface area contributed by atoms with E-state index in [0.717, 1.165) is 38.9 Å². The van der Waals surface area contributed by atoms with Crippen LogP contribution < -0.4 is 5.32 Å². The molecule has 0 aromatic rings. The highest BCUT2D eigenvalue weighted by Crippen LogP contribution is 2.13. The molecule has 16 heavy (non-hydrogen) atoms. The fourth-order valence-corrected chi connectivity index (χ4v) is 2.10. The highest BCUT2D eigenvalue weighted by Gasteiger charge is 2.22. The number of rotatable bonds is 5. The van der Waals surface area contributed by atoms with Crippen LogP contribution in [0.4, 0.5) is 0 Å². The number of amides is 1. The average molecular weight is 226 g/mol. The summed E-state index contributed by atoms with van der Waals surface area (Å²) in [6.45, 7) is 5.66. The summed E-state index contributed by atoms with van der Waals surface area (Å²) >= 11 is 0. The number of carbonyl (C=O) groups excluding carboxylic acids is 1. The summed E-state index contributed by atoms with van der Waals surface area (Å²) in [4.78, 5) is 15.7. The predicted molar refractivity (Wildman–Crippen MR) is 65.4 cm³/mol. The van der Waals surface area contributed by atoms with E-state index in [0.29, 0.717) is 12.6 Å². The first-order valence-corrected chi connectivity index (χ1v) is 6.22. The number of likely N-dealkylation sites (N-methyl/N-ethyl adjacent to an activating group) is 1. The van der Waals surface area contributed by atoms with Gasteiger partial charge in [-0.05, 0) is 25.8 Å². The summed E-state index contributed by atoms with van der Waals surface area (Å²) in [6, 6.07) is 0.557. The Bertz CT molecular complexity index is 212. The van der Waals surface area contributed by atoms with Gasteiger partial charge >= 0.3 is 0 Å². The Hall–Kier alpha value is -0.610. The van der Waals surface area contributed by atoms with E-state index in [1.165, 1.54) is 0 Å². The minimum atomic E-state index is 0.205. The van der Waals surface area contributed by atoms with Gasteiger partial charge in [0, 0.05) is 33.2 Å². The van der Waals surface area contributed by atoms with Gasteiger partial charge < -0.3 is 4.90 Å². The van der Waals surface area contributed by atoms with Crippen molar-refractivity contribution in [1.82, 2.24) is 15.1 Å². The third kappa shape index (κ3) is 4.10. The zero-order valence-corrected chi connectivity index (χ0v) is 10.8. The molecule has 0 N–H and O–H groups in total. The highest BCUT2D eigenvalue weighted by atomic mass is 16.2. The van der Waals surface area contributed by atoms with Crippen LogP contribution in [0.5, 0.6) is 0 Å². The van der Waals surface area contributed by atoms with Crippen LogP contribution in [-0.4, -0.2) is 62.0 Å². The molecule has 1 amide bonds. The molecule has 1 aliphatic rings. The Balaban J connectivity index is 2.48. The molecule has 93 valence electrons. The maximum absolute atomic E-state index is 11.7. The molecule has 1 fully saturated rings. The monoisotopic (exact) mass is 226 g/mol. The van der Waals surface area contributed by atoms with Crippen LogP contribution in [-0.2, 0) is 4.79 Å². The second kappa shape index (κ2) is 6.86. The molecule has 1 radical (unpaired) electrons. The van der Waals surface area contributed by atoms with Gasteiger partial charge in [0.05, 0.1) is 6.54 Å². The minimum Gasteiger partial charge on any atom is -0.348 e. The van der Waals surface area contributed by atoms with Gasteiger partial charge in [-0.1, -0.05) is 6.92 Å². The molecule has 0 aromatic carbocycles. The highest BCUT2D eigenvalue weighted by molar-refractivity contribution is 5.77. The molecule has 0 bridgehead atoms. The molecule has 4 heteroatoms. The number of hydrogen-bond acceptors (Lipinski definition) is 2. The summed E-state index contributed by atoms with van der Waals surface area (Å²) in [6.07, 6.45) is 3.33. The van der Waals surface area contributed by atoms with Crippen molar-refractivity contribution in [2.75, 3.05) is 40.3 Å². The molecule has 4 nitrogen and oxygen atoms in total. The third-order valence-electron chi connectivity index (χ3n) is 3.11. The maximum atomic E-state index is 11.7. The lowest BCUT2D eigenvalue weighted by Gasteiger charge is -2.34. The van der Waals surface area contributed by atoms with E-state index in [1.807, 2.05) is 14.1 Å². The van der Waals surface area contributed by atoms with E-state index in [-0.39, 0.29) is 5.91 Å². The molecule has 0 aliphatic carbocycles. The Morgan fingerprint density at radius 1 is 1.31 bits per heavy atom. The lowest BCUT2D eigenvalue weighted by molar-refractivity contribution is -0.130. The van der Waals surface area contributed by atoms with Crippen molar-refractivity contribution in [3.05, 3.63) is 0 Å². The molecule has 1 heterocycles. The fourth-order valence-electron chi connectivity index (χ4n) is 2.10. The summed E-state index contributed by atoms with van der Waals surface area (Å²) in [5.74, 6) is 0.205. The van der Waals surface area contributed by atoms with E-state index >= 15 is 0 Å². The lowest BCUT2D eigenvalue weighted by atomic mass is 10.0. The Morgan fingerprint density at radius 3 is 2.44 bits per heavy atom. The van der Waals surface area contributed by atoms with Gasteiger partial charge in [0.2, 0.25) is 5.91 Å². The number of hydrogen-bond donors (Lipinski definition) is 0. The third-order valence-corrected chi connectivity index (χ3v) is 3.11. The van der Waals surface area contributed by atoms with Gasteiger partial charge in [0.15, 0.2) is 0 Å². The Morgan fingerprint density at radius 2 is 1.94 bits per heavy atom. The van der Waals surface area contributed by atoms with Crippen LogP contribution in [0.2, 0.25) is 0 Å². The smallest absolute Gasteiger partial charge is 0.236 e. The number of carbonyl (C=O) groups is 1. The van der Waals surface area contributed by atoms with E-state index < -0.39 is 0 Å². The van der Waals surface area contributed by atoms with Crippen molar-refractivity contribution in [3.8, 4) is 0 Å². The van der Waals surface area contributed by atoms with Crippen LogP contribution in [0.15, 0.2) is 0 Å². The van der Waals surface area contributed by atoms with E-state index in [4.69, 9.17) is 0 Å². The second-order valence-corrected chi connectivity index (χ2v) is 4.66. The Kier molecular flexibility index (Phi) is 5.77. The van der Waals surface area contributed by atoms with Crippen molar-refractivity contribution >= 4 is 5.91 Å². The van der Waals surface area contributed by atoms with Crippen LogP contribution in [0.25, 0.3) is 0 Å². The molecule has 1 rings (SSSR count). The van der Waals surface area contributed by atoms with Gasteiger partial charge in [0.25, 0.3) is 0 Å². The average Bonchev–Trinajstić information content (AvgIpc) is 2.29. The van der Waals surface area contributed by atoms with E-state index in [2.05, 4.69) is 17.1 Å². The van der Waals surface area contributed by atoms with Crippen molar-refractivity contribution in [2.45, 2.75) is 32.2 Å². The van der Waals surface area contributed by atoms with Crippen LogP contribution in [0.3, 0.4) is 0 Å². The zero-order chi connectivity index (χ0) is 12.0. The SMILES string of the molecule is CCCN(CC(=O)N(C)C)C1CC[N]CC1. The normalized spacial score (nSPS) is 17.8. The van der Waals surface area contributed by atoms with Crippen LogP contribution in [0.1, 0.15) is 26.2 Å². The summed E-state index contributed by atoms with van der Waals surface area (Å²) in [5.41, 5.74) is 0. The first kappa shape index (κ1) is 13.5. The fraction of sp³-hybridized carbons (Fsp3) is 0.917. The Labute approximate surface area is 99.0 Å². The molecule has 0 aromatic heterocycles. The maximum Gasteiger partial charge on any atom is 0.236 e. The van der Waals surface area contributed by atoms with Gasteiger partial charge in [-0.25, -0.2) is 5.32 Å². The topological polar surface area (TPSA) is 37.7 Å². The molecule has 0 saturated carbocycles. The zero-order valence-electron chi connectivity index (χ0n) is 10.8. The predicted octanol–water partition coefficient (Wildman–Crippen LogP) is 0.553. The molecule has 0 spiro atoms. The van der Waals surface area contributed by atoms with E-state index in [9.17, 15) is 4.79 Å². The summed E-state index contributed by atoms with van der Waals surface area (Å²) < 4.78 is 0. The number of nitrogens with zero attached hydrogens (tertiary/aromatic N) is 3. The summed E-state index contributed by atoms with van der Waals surface area (Å²) in [5, 5.41) is 4.36. The number of piperidine rings is 1. The van der Waals surface area contributed by atoms with Crippen molar-refractivity contribution in [1.29, 1.82) is 0 Å². The van der Waals surface area contributed by atoms with Gasteiger partial charge in [0.1, 0.15) is 0 Å². The molecule has 1 aliphatic heterocycles. The first-order chi connectivity index (χ1) is 7.65. The largest absolute Gasteiger partial charge is 0.348 e. The molecular formula is C12H24N3O. The van der Waals surface area contributed by atoms with Crippen molar-refractivity contribution in [3.63, 3.8) is 0 Å². The standard InChI is InChI=1S/C12H24N3O/c1-4-9-15(10-12(16)14(2)3)11-5-7-13-8-6-11/h11H,4-10H2,1-3H3. The lowest BCUT2D eigenvalue weighted by Crippen LogP contribution is -2.46. The summed E-state index contributed by atoms with van der Waals surface area (Å²) in [7, 11) is 3.64. The van der Waals surface area contributed by atoms with Gasteiger partial charge in [-0.3, -0.25) is 9.69 Å². The molecule has 0 atom stereocenters. The van der Waals surface area contributed by atoms with Gasteiger partial charge in [-0.2, -0.15) is 0 Å². The van der Waals surface area contributed by atoms with E-state index in [1.54, 1.807) is 4.90 Å². The van der Waals surface area contributed by atoms with Gasteiger partial charge in [-0.15, -0.1) is 0 Å². The van der Waals surface area contributed by atoms with Crippen molar-refractivity contribution < 1.29 is 4.79 Å². The molecular weight excluding hydrogens is 202 g/mol. The van der Waals surface area contributed by atoms with Crippen molar-refractivity contribution in [2.24, 2.45) is 0 Å².